The number of carbonyl (C=O) groups excluding carboxylic acids is 6. The number of benzene rings is 1. The summed E-state index contributed by atoms with van der Waals surface area (Å²) in [6.45, 7) is 3.47. The van der Waals surface area contributed by atoms with Crippen molar-refractivity contribution in [3.63, 3.8) is 0 Å². The molecule has 32 heteroatoms. The van der Waals surface area contributed by atoms with Crippen LogP contribution in [0, 0.1) is 0 Å². The van der Waals surface area contributed by atoms with E-state index in [1.807, 2.05) is 0 Å². The van der Waals surface area contributed by atoms with Crippen LogP contribution in [0.5, 0.6) is 0 Å². The van der Waals surface area contributed by atoms with Crippen molar-refractivity contribution in [3.8, 4) is 0 Å². The fourth-order valence-corrected chi connectivity index (χ4v) is 13.0. The van der Waals surface area contributed by atoms with Crippen LogP contribution in [0.1, 0.15) is 63.4 Å². The second kappa shape index (κ2) is 33.0. The molecule has 0 aliphatic carbocycles. The standard InChI is InChI=1S/C46H76N11O18P3/c1-32(47)48-16-7-11-34-43(66)50-28-39(59)51-37(27-42(64)65)46(69)54-36(26-33-8-3-2-4-9-33)45(68)53-35(44(67)52-34)10-5-6-15-49-38(58)12-23-76(70,71)29-55-17-19-56(30-77(72,73)24-13-40(60)61)21-22-57(20-18-55)31-78(74,75)25-14-41(62)63/h2-4,8-9,34-37,48H,1,5-7,10-31,47H2,(H,49,58)(H,50,66)(H,51,59)(H,52,67)(H,53,68)(H,54,69)(H,60,61)(H,62,63)(H,64,65)(H,70,71)(H,72,73)(H,74,75)/p-1/t34-,35-,36+,37-/m0/s1. The molecule has 29 nitrogen and oxygen atoms in total. The molecule has 0 spiro atoms. The summed E-state index contributed by atoms with van der Waals surface area (Å²) in [5, 5.41) is 45.5. The normalized spacial score (nSPS) is 22.2. The van der Waals surface area contributed by atoms with E-state index in [1.165, 1.54) is 14.7 Å². The molecular formula is C46H75N11O18P3-. The van der Waals surface area contributed by atoms with Gasteiger partial charge in [-0.3, -0.25) is 67.0 Å². The molecule has 3 unspecified atom stereocenters. The molecule has 3 rings (SSSR count). The quantitative estimate of drug-likeness (QED) is 0.0284. The molecule has 2 aliphatic heterocycles. The molecule has 2 aliphatic rings. The lowest BCUT2D eigenvalue weighted by Gasteiger charge is -2.33. The summed E-state index contributed by atoms with van der Waals surface area (Å²) in [6.07, 6.45) is -5.07. The van der Waals surface area contributed by atoms with Crippen molar-refractivity contribution < 1.29 is 86.8 Å². The lowest BCUT2D eigenvalue weighted by Crippen LogP contribution is -2.58. The molecule has 6 amide bonds. The summed E-state index contributed by atoms with van der Waals surface area (Å²) < 4.78 is 39.4. The summed E-state index contributed by atoms with van der Waals surface area (Å²) >= 11 is 0. The van der Waals surface area contributed by atoms with E-state index in [0.717, 1.165) is 0 Å². The van der Waals surface area contributed by atoms with Gasteiger partial charge in [-0.2, -0.15) is 0 Å². The summed E-state index contributed by atoms with van der Waals surface area (Å²) in [4.78, 5) is 154. The Morgan fingerprint density at radius 2 is 1.09 bits per heavy atom. The Bertz CT molecular complexity index is 2350. The van der Waals surface area contributed by atoms with Gasteiger partial charge in [-0.05, 0) is 43.8 Å². The van der Waals surface area contributed by atoms with Crippen LogP contribution in [-0.2, 0) is 63.3 Å². The van der Waals surface area contributed by atoms with Crippen molar-refractivity contribution in [3.05, 3.63) is 48.3 Å². The molecule has 2 heterocycles. The van der Waals surface area contributed by atoms with E-state index in [0.29, 0.717) is 5.56 Å². The number of aliphatic carboxylic acids is 3. The van der Waals surface area contributed by atoms with E-state index in [1.54, 1.807) is 30.3 Å². The van der Waals surface area contributed by atoms with Crippen LogP contribution < -0.4 is 47.8 Å². The Kier molecular flexibility index (Phi) is 28.1. The number of carbonyl (C=O) groups is 9. The minimum atomic E-state index is -4.36. The summed E-state index contributed by atoms with van der Waals surface area (Å²) in [6, 6.07) is 2.73. The summed E-state index contributed by atoms with van der Waals surface area (Å²) in [5.74, 6) is -8.92. The lowest BCUT2D eigenvalue weighted by molar-refractivity contribution is -0.177. The summed E-state index contributed by atoms with van der Waals surface area (Å²) in [7, 11) is -12.4. The van der Waals surface area contributed by atoms with Gasteiger partial charge < -0.3 is 77.5 Å². The molecule has 0 radical (unpaired) electrons. The molecule has 0 bridgehead atoms. The first-order valence-electron chi connectivity index (χ1n) is 25.3. The lowest BCUT2D eigenvalue weighted by atomic mass is 10.0. The van der Waals surface area contributed by atoms with Gasteiger partial charge in [-0.1, -0.05) is 36.9 Å². The molecule has 1 aromatic carbocycles. The van der Waals surface area contributed by atoms with E-state index < -0.39 is 169 Å². The Hall–Kier alpha value is -5.76. The Morgan fingerprint density at radius 1 is 0.615 bits per heavy atom. The van der Waals surface area contributed by atoms with E-state index in [-0.39, 0.29) is 96.7 Å². The van der Waals surface area contributed by atoms with Gasteiger partial charge in [0.15, 0.2) is 0 Å². The van der Waals surface area contributed by atoms with Crippen molar-refractivity contribution >= 4 is 75.5 Å². The maximum absolute atomic E-state index is 14.1. The zero-order valence-corrected chi connectivity index (χ0v) is 46.1. The van der Waals surface area contributed by atoms with Crippen LogP contribution in [0.2, 0.25) is 0 Å². The molecule has 1 aromatic rings. The first kappa shape index (κ1) is 66.5. The highest BCUT2D eigenvalue weighted by Gasteiger charge is 2.34. The van der Waals surface area contributed by atoms with Crippen molar-refractivity contribution in [1.82, 2.24) is 51.9 Å². The maximum atomic E-state index is 14.1. The predicted molar refractivity (Wildman–Crippen MR) is 281 cm³/mol. The Labute approximate surface area is 451 Å². The van der Waals surface area contributed by atoms with Gasteiger partial charge in [0.25, 0.3) is 0 Å². The predicted octanol–water partition coefficient (Wildman–Crippen LogP) is -2.83. The van der Waals surface area contributed by atoms with Gasteiger partial charge in [0, 0.05) is 91.2 Å². The first-order valence-corrected chi connectivity index (χ1v) is 31.4. The van der Waals surface area contributed by atoms with Crippen LogP contribution in [0.3, 0.4) is 0 Å². The topological polar surface area (TPSA) is 449 Å². The van der Waals surface area contributed by atoms with Crippen LogP contribution in [0.15, 0.2) is 42.7 Å². The van der Waals surface area contributed by atoms with Crippen LogP contribution >= 0.6 is 22.1 Å². The third-order valence-corrected chi connectivity index (χ3v) is 17.6. The number of hydrogen-bond donors (Lipinski definition) is 13. The van der Waals surface area contributed by atoms with Crippen LogP contribution in [0.4, 0.5) is 0 Å². The molecule has 2 fully saturated rings. The zero-order valence-electron chi connectivity index (χ0n) is 43.4. The number of nitrogens with two attached hydrogens (primary N) is 1. The molecule has 78 heavy (non-hydrogen) atoms. The highest BCUT2D eigenvalue weighted by atomic mass is 31.2. The van der Waals surface area contributed by atoms with Crippen molar-refractivity contribution in [1.29, 1.82) is 0 Å². The van der Waals surface area contributed by atoms with Gasteiger partial charge in [-0.25, -0.2) is 0 Å². The van der Waals surface area contributed by atoms with E-state index in [2.05, 4.69) is 43.8 Å². The number of amides is 6. The molecule has 2 saturated heterocycles. The molecular weight excluding hydrogens is 1090 g/mol. The molecule has 0 aromatic heterocycles. The molecule has 14 N–H and O–H groups in total. The van der Waals surface area contributed by atoms with Crippen molar-refractivity contribution in [2.75, 3.05) is 96.2 Å². The summed E-state index contributed by atoms with van der Waals surface area (Å²) in [5.41, 5.74) is 6.16. The van der Waals surface area contributed by atoms with Gasteiger partial charge >= 0.3 is 17.9 Å². The number of nitrogens with one attached hydrogen (secondary N) is 7. The molecule has 7 atom stereocenters. The highest BCUT2D eigenvalue weighted by molar-refractivity contribution is 7.58. The largest absolute Gasteiger partial charge is 0.798 e. The average Bonchev–Trinajstić information content (AvgIpc) is 3.43. The minimum absolute atomic E-state index is 0.00637. The van der Waals surface area contributed by atoms with E-state index in [4.69, 9.17) is 15.9 Å². The fraction of sp³-hybridized carbons (Fsp3) is 0.630. The second-order valence-corrected chi connectivity index (χ2v) is 26.4. The third-order valence-electron chi connectivity index (χ3n) is 12.4. The average molecular weight is 1160 g/mol. The van der Waals surface area contributed by atoms with Crippen LogP contribution in [0.25, 0.3) is 0 Å². The van der Waals surface area contributed by atoms with Gasteiger partial charge in [-0.15, -0.1) is 0 Å². The SMILES string of the molecule is C=C(N)NCCC[C@@H]1NC(=O)[C@H](CCCCNC(=O)CCP(=O)([O-])CN2CCN(CP(=O)(O)CCC(=O)O)CCN(CP(=O)(O)CCC(=O)O)CC2)NC(=O)[C@@H](Cc2ccccc2)NC(=O)[C@H](CC(=O)O)NC(=O)CNC1=O. The van der Waals surface area contributed by atoms with E-state index >= 15 is 0 Å². The Morgan fingerprint density at radius 3 is 1.62 bits per heavy atom. The zero-order chi connectivity index (χ0) is 58.1. The molecule has 0 saturated carbocycles. The van der Waals surface area contributed by atoms with Gasteiger partial charge in [0.1, 0.15) is 24.2 Å². The smallest absolute Gasteiger partial charge is 0.305 e. The van der Waals surface area contributed by atoms with Gasteiger partial charge in [0.2, 0.25) is 50.2 Å². The monoisotopic (exact) mass is 1160 g/mol. The van der Waals surface area contributed by atoms with Crippen LogP contribution in [-0.4, -0.2) is 214 Å². The highest BCUT2D eigenvalue weighted by Crippen LogP contribution is 2.43. The number of nitrogens with zero attached hydrogens (tertiary/aromatic N) is 3. The van der Waals surface area contributed by atoms with Gasteiger partial charge in [0.05, 0.1) is 44.2 Å². The van der Waals surface area contributed by atoms with Crippen molar-refractivity contribution in [2.24, 2.45) is 5.73 Å². The molecule has 438 valence electrons. The minimum Gasteiger partial charge on any atom is -0.798 e. The van der Waals surface area contributed by atoms with Crippen molar-refractivity contribution in [2.45, 2.75) is 88.4 Å². The number of hydrogen-bond acceptors (Lipinski definition) is 18. The number of carboxylic acids is 3. The Balaban J connectivity index is 1.72. The first-order chi connectivity index (χ1) is 36.6. The number of rotatable bonds is 29. The maximum Gasteiger partial charge on any atom is 0.305 e. The second-order valence-electron chi connectivity index (χ2n) is 19.2. The number of unbranched alkanes of at least 4 members (excludes halogenated alkanes) is 1. The fourth-order valence-electron chi connectivity index (χ4n) is 8.24. The van der Waals surface area contributed by atoms with E-state index in [9.17, 15) is 76.6 Å². The number of carboxylic acid groups (broad SMARTS) is 3. The third kappa shape index (κ3) is 27.7.